The molecule has 1 aliphatic heterocycles. The second kappa shape index (κ2) is 8.60. The maximum Gasteiger partial charge on any atom is 0.269 e. The van der Waals surface area contributed by atoms with E-state index >= 15 is 0 Å². The number of carbonyl (C=O) groups excluding carboxylic acids is 3. The topological polar surface area (TPSA) is 82.9 Å². The SMILES string of the molecule is Cc1ccc2nc(N(/N=C/c3ccc(F)cc3)C(=O)CN3C(=O)c4ccccc4C3=O)sc2c1. The number of hydrogen-bond donors (Lipinski definition) is 0. The summed E-state index contributed by atoms with van der Waals surface area (Å²) in [5.74, 6) is -2.06. The van der Waals surface area contributed by atoms with Crippen LogP contribution < -0.4 is 5.01 Å². The molecule has 0 unspecified atom stereocenters. The number of halogens is 1. The first-order valence-corrected chi connectivity index (χ1v) is 11.2. The fourth-order valence-corrected chi connectivity index (χ4v) is 4.63. The van der Waals surface area contributed by atoms with Gasteiger partial charge in [-0.05, 0) is 54.4 Å². The molecule has 1 aliphatic rings. The summed E-state index contributed by atoms with van der Waals surface area (Å²) in [4.78, 5) is 44.2. The van der Waals surface area contributed by atoms with Gasteiger partial charge in [0.25, 0.3) is 17.7 Å². The number of thiazole rings is 1. The van der Waals surface area contributed by atoms with E-state index in [1.807, 2.05) is 25.1 Å². The predicted molar refractivity (Wildman–Crippen MR) is 128 cm³/mol. The van der Waals surface area contributed by atoms with Crippen LogP contribution in [0.25, 0.3) is 10.2 Å². The van der Waals surface area contributed by atoms with Crippen molar-refractivity contribution >= 4 is 50.6 Å². The van der Waals surface area contributed by atoms with Gasteiger partial charge in [0.15, 0.2) is 0 Å². The van der Waals surface area contributed by atoms with Crippen LogP contribution in [0.4, 0.5) is 9.52 Å². The number of amides is 3. The number of aryl methyl sites for hydroxylation is 1. The molecule has 168 valence electrons. The summed E-state index contributed by atoms with van der Waals surface area (Å²) in [5.41, 5.74) is 2.83. The lowest BCUT2D eigenvalue weighted by molar-refractivity contribution is -0.118. The third-order valence-corrected chi connectivity index (χ3v) is 6.31. The molecule has 0 N–H and O–H groups in total. The third-order valence-electron chi connectivity index (χ3n) is 5.31. The first kappa shape index (κ1) is 21.6. The van der Waals surface area contributed by atoms with Gasteiger partial charge >= 0.3 is 0 Å². The fraction of sp³-hybridized carbons (Fsp3) is 0.0800. The van der Waals surface area contributed by atoms with Crippen LogP contribution in [0, 0.1) is 12.7 Å². The Morgan fingerprint density at radius 2 is 1.74 bits per heavy atom. The van der Waals surface area contributed by atoms with Crippen molar-refractivity contribution in [3.8, 4) is 0 Å². The molecule has 3 amide bonds. The van der Waals surface area contributed by atoms with E-state index in [0.29, 0.717) is 16.2 Å². The van der Waals surface area contributed by atoms with Gasteiger partial charge in [-0.2, -0.15) is 10.1 Å². The number of anilines is 1. The Kier molecular flexibility index (Phi) is 5.46. The molecular formula is C25H17FN4O3S. The summed E-state index contributed by atoms with van der Waals surface area (Å²) in [6.07, 6.45) is 1.40. The number of hydrazone groups is 1. The molecule has 5 rings (SSSR count). The smallest absolute Gasteiger partial charge is 0.269 e. The van der Waals surface area contributed by atoms with Gasteiger partial charge in [0, 0.05) is 0 Å². The van der Waals surface area contributed by atoms with E-state index in [1.54, 1.807) is 24.3 Å². The number of imide groups is 1. The average Bonchev–Trinajstić information content (AvgIpc) is 3.35. The number of aromatic nitrogens is 1. The number of hydrogen-bond acceptors (Lipinski definition) is 6. The van der Waals surface area contributed by atoms with Crippen LogP contribution in [0.5, 0.6) is 0 Å². The molecular weight excluding hydrogens is 455 g/mol. The minimum Gasteiger partial charge on any atom is -0.270 e. The highest BCUT2D eigenvalue weighted by Gasteiger charge is 2.37. The maximum absolute atomic E-state index is 13.3. The van der Waals surface area contributed by atoms with Crippen molar-refractivity contribution < 1.29 is 18.8 Å². The fourth-order valence-electron chi connectivity index (χ4n) is 3.59. The normalized spacial score (nSPS) is 13.2. The van der Waals surface area contributed by atoms with Crippen molar-refractivity contribution in [1.29, 1.82) is 0 Å². The molecule has 3 aromatic carbocycles. The minimum absolute atomic E-state index is 0.261. The van der Waals surface area contributed by atoms with E-state index in [4.69, 9.17) is 0 Å². The summed E-state index contributed by atoms with van der Waals surface area (Å²) in [6.45, 7) is 1.46. The van der Waals surface area contributed by atoms with Gasteiger partial charge in [-0.15, -0.1) is 0 Å². The number of carbonyl (C=O) groups is 3. The van der Waals surface area contributed by atoms with Crippen molar-refractivity contribution in [3.05, 3.63) is 94.8 Å². The van der Waals surface area contributed by atoms with E-state index in [0.717, 1.165) is 20.2 Å². The van der Waals surface area contributed by atoms with Crippen LogP contribution in [-0.4, -0.2) is 40.4 Å². The molecule has 2 heterocycles. The predicted octanol–water partition coefficient (Wildman–Crippen LogP) is 4.41. The van der Waals surface area contributed by atoms with Gasteiger partial charge < -0.3 is 0 Å². The second-order valence-corrected chi connectivity index (χ2v) is 8.72. The summed E-state index contributed by atoms with van der Waals surface area (Å²) in [6, 6.07) is 17.8. The zero-order valence-electron chi connectivity index (χ0n) is 17.9. The quantitative estimate of drug-likeness (QED) is 0.245. The Bertz CT molecular complexity index is 1440. The van der Waals surface area contributed by atoms with Crippen molar-refractivity contribution in [2.24, 2.45) is 5.10 Å². The Morgan fingerprint density at radius 3 is 2.41 bits per heavy atom. The van der Waals surface area contributed by atoms with Crippen molar-refractivity contribution in [2.75, 3.05) is 11.6 Å². The molecule has 0 radical (unpaired) electrons. The Hall–Kier alpha value is -4.24. The Labute approximate surface area is 197 Å². The van der Waals surface area contributed by atoms with Crippen LogP contribution in [0.1, 0.15) is 31.8 Å². The van der Waals surface area contributed by atoms with E-state index in [1.165, 1.54) is 41.8 Å². The molecule has 0 saturated carbocycles. The lowest BCUT2D eigenvalue weighted by Crippen LogP contribution is -2.41. The highest BCUT2D eigenvalue weighted by molar-refractivity contribution is 7.22. The van der Waals surface area contributed by atoms with Gasteiger partial charge in [0.1, 0.15) is 12.4 Å². The minimum atomic E-state index is -0.608. The lowest BCUT2D eigenvalue weighted by atomic mass is 10.1. The summed E-state index contributed by atoms with van der Waals surface area (Å²) < 4.78 is 14.1. The summed E-state index contributed by atoms with van der Waals surface area (Å²) in [5, 5.41) is 5.66. The zero-order valence-corrected chi connectivity index (χ0v) is 18.8. The van der Waals surface area contributed by atoms with Gasteiger partial charge in [0.05, 0.1) is 27.6 Å². The average molecular weight is 473 g/mol. The second-order valence-electron chi connectivity index (χ2n) is 7.71. The van der Waals surface area contributed by atoms with Gasteiger partial charge in [-0.3, -0.25) is 19.3 Å². The van der Waals surface area contributed by atoms with E-state index in [2.05, 4.69) is 10.1 Å². The number of rotatable bonds is 5. The summed E-state index contributed by atoms with van der Waals surface area (Å²) >= 11 is 1.26. The number of benzene rings is 3. The first-order valence-electron chi connectivity index (χ1n) is 10.4. The van der Waals surface area contributed by atoms with Gasteiger partial charge in [-0.1, -0.05) is 41.7 Å². The molecule has 0 spiro atoms. The maximum atomic E-state index is 13.3. The third kappa shape index (κ3) is 3.97. The van der Waals surface area contributed by atoms with Crippen LogP contribution in [-0.2, 0) is 4.79 Å². The zero-order chi connectivity index (χ0) is 23.8. The van der Waals surface area contributed by atoms with Crippen molar-refractivity contribution in [2.45, 2.75) is 6.92 Å². The van der Waals surface area contributed by atoms with Crippen molar-refractivity contribution in [1.82, 2.24) is 9.88 Å². The largest absolute Gasteiger partial charge is 0.270 e. The van der Waals surface area contributed by atoms with Crippen LogP contribution in [0.2, 0.25) is 0 Å². The van der Waals surface area contributed by atoms with E-state index in [9.17, 15) is 18.8 Å². The van der Waals surface area contributed by atoms with E-state index in [-0.39, 0.29) is 11.1 Å². The highest BCUT2D eigenvalue weighted by atomic mass is 32.1. The molecule has 4 aromatic rings. The molecule has 0 saturated heterocycles. The molecule has 0 aliphatic carbocycles. The first-order chi connectivity index (χ1) is 16.4. The van der Waals surface area contributed by atoms with Gasteiger partial charge in [0.2, 0.25) is 5.13 Å². The monoisotopic (exact) mass is 472 g/mol. The van der Waals surface area contributed by atoms with Crippen LogP contribution in [0.3, 0.4) is 0 Å². The van der Waals surface area contributed by atoms with Crippen LogP contribution >= 0.6 is 11.3 Å². The number of nitrogens with zero attached hydrogens (tertiary/aromatic N) is 4. The number of fused-ring (bicyclic) bond motifs is 2. The molecule has 34 heavy (non-hydrogen) atoms. The van der Waals surface area contributed by atoms with Gasteiger partial charge in [-0.25, -0.2) is 9.37 Å². The summed E-state index contributed by atoms with van der Waals surface area (Å²) in [7, 11) is 0. The highest BCUT2D eigenvalue weighted by Crippen LogP contribution is 2.30. The lowest BCUT2D eigenvalue weighted by Gasteiger charge is -2.18. The Balaban J connectivity index is 1.48. The molecule has 0 fully saturated rings. The molecule has 0 atom stereocenters. The van der Waals surface area contributed by atoms with Crippen LogP contribution in [0.15, 0.2) is 71.8 Å². The van der Waals surface area contributed by atoms with Crippen molar-refractivity contribution in [3.63, 3.8) is 0 Å². The standard InChI is InChI=1S/C25H17FN4O3S/c1-15-6-11-20-21(12-15)34-25(28-20)30(27-13-16-7-9-17(26)10-8-16)22(31)14-29-23(32)18-4-2-3-5-19(18)24(29)33/h2-13H,14H2,1H3/b27-13+. The molecule has 1 aromatic heterocycles. The van der Waals surface area contributed by atoms with E-state index < -0.39 is 30.1 Å². The molecule has 9 heteroatoms. The Morgan fingerprint density at radius 1 is 1.06 bits per heavy atom. The molecule has 0 bridgehead atoms. The molecule has 7 nitrogen and oxygen atoms in total.